The van der Waals surface area contributed by atoms with Crippen molar-refractivity contribution in [2.24, 2.45) is 5.92 Å². The number of hydrogen-bond donors (Lipinski definition) is 1. The summed E-state index contributed by atoms with van der Waals surface area (Å²) in [7, 11) is 0. The Morgan fingerprint density at radius 3 is 2.53 bits per heavy atom. The summed E-state index contributed by atoms with van der Waals surface area (Å²) >= 11 is 3.38. The number of rotatable bonds is 4. The van der Waals surface area contributed by atoms with Gasteiger partial charge in [-0.2, -0.15) is 0 Å². The SMILES string of the molecule is CC(C)C(=Cc1cc(Br)ccc1F)CNC(C)(C)C. The normalized spacial score (nSPS) is 13.2. The Morgan fingerprint density at radius 1 is 1.37 bits per heavy atom. The quantitative estimate of drug-likeness (QED) is 0.819. The molecule has 1 aromatic rings. The van der Waals surface area contributed by atoms with Crippen molar-refractivity contribution in [3.8, 4) is 0 Å². The molecule has 0 bridgehead atoms. The summed E-state index contributed by atoms with van der Waals surface area (Å²) in [5.74, 6) is 0.199. The summed E-state index contributed by atoms with van der Waals surface area (Å²) in [5.41, 5.74) is 1.89. The summed E-state index contributed by atoms with van der Waals surface area (Å²) in [6, 6.07) is 5.02. The molecule has 1 aromatic carbocycles. The van der Waals surface area contributed by atoms with Crippen molar-refractivity contribution >= 4 is 22.0 Å². The van der Waals surface area contributed by atoms with E-state index in [1.54, 1.807) is 6.07 Å². The molecule has 1 nitrogen and oxygen atoms in total. The lowest BCUT2D eigenvalue weighted by atomic mass is 9.98. The smallest absolute Gasteiger partial charge is 0.130 e. The molecule has 0 aliphatic heterocycles. The average Bonchev–Trinajstić information content (AvgIpc) is 2.27. The van der Waals surface area contributed by atoms with Gasteiger partial charge in [0.2, 0.25) is 0 Å². The Kier molecular flexibility index (Phi) is 5.75. The van der Waals surface area contributed by atoms with Crippen LogP contribution in [-0.2, 0) is 0 Å². The van der Waals surface area contributed by atoms with E-state index in [9.17, 15) is 4.39 Å². The van der Waals surface area contributed by atoms with Crippen LogP contribution < -0.4 is 5.32 Å². The molecule has 0 aliphatic carbocycles. The van der Waals surface area contributed by atoms with E-state index in [-0.39, 0.29) is 11.4 Å². The summed E-state index contributed by atoms with van der Waals surface area (Å²) in [4.78, 5) is 0. The van der Waals surface area contributed by atoms with E-state index in [2.05, 4.69) is 55.9 Å². The van der Waals surface area contributed by atoms with Gasteiger partial charge >= 0.3 is 0 Å². The molecule has 0 aliphatic rings. The van der Waals surface area contributed by atoms with Crippen LogP contribution in [0.25, 0.3) is 6.08 Å². The Bertz CT molecular complexity index is 458. The molecule has 0 aromatic heterocycles. The maximum atomic E-state index is 13.8. The molecule has 0 fully saturated rings. The molecule has 19 heavy (non-hydrogen) atoms. The predicted octanol–water partition coefficient (Wildman–Crippen LogP) is 5.02. The Hall–Kier alpha value is -0.670. The minimum Gasteiger partial charge on any atom is -0.308 e. The fourth-order valence-corrected chi connectivity index (χ4v) is 1.99. The molecule has 0 unspecified atom stereocenters. The third-order valence-electron chi connectivity index (χ3n) is 2.86. The van der Waals surface area contributed by atoms with Crippen LogP contribution in [0.5, 0.6) is 0 Å². The van der Waals surface area contributed by atoms with Crippen LogP contribution in [0.1, 0.15) is 40.2 Å². The molecular weight excluding hydrogens is 305 g/mol. The topological polar surface area (TPSA) is 12.0 Å². The molecule has 1 rings (SSSR count). The molecule has 0 heterocycles. The zero-order valence-corrected chi connectivity index (χ0v) is 13.9. The number of hydrogen-bond acceptors (Lipinski definition) is 1. The molecule has 106 valence electrons. The van der Waals surface area contributed by atoms with Crippen LogP contribution in [0.15, 0.2) is 28.2 Å². The van der Waals surface area contributed by atoms with Crippen molar-refractivity contribution in [3.63, 3.8) is 0 Å². The van der Waals surface area contributed by atoms with Gasteiger partial charge in [0.15, 0.2) is 0 Å². The highest BCUT2D eigenvalue weighted by atomic mass is 79.9. The lowest BCUT2D eigenvalue weighted by molar-refractivity contribution is 0.437. The molecule has 0 saturated heterocycles. The van der Waals surface area contributed by atoms with E-state index in [0.717, 1.165) is 11.0 Å². The fourth-order valence-electron chi connectivity index (χ4n) is 1.61. The van der Waals surface area contributed by atoms with Gasteiger partial charge in [-0.15, -0.1) is 0 Å². The van der Waals surface area contributed by atoms with Gasteiger partial charge in [-0.3, -0.25) is 0 Å². The molecule has 0 spiro atoms. The molecule has 1 N–H and O–H groups in total. The van der Waals surface area contributed by atoms with E-state index < -0.39 is 0 Å². The summed E-state index contributed by atoms with van der Waals surface area (Å²) in [6.07, 6.45) is 1.95. The lowest BCUT2D eigenvalue weighted by Gasteiger charge is -2.23. The van der Waals surface area contributed by atoms with E-state index in [1.165, 1.54) is 11.6 Å². The van der Waals surface area contributed by atoms with Crippen molar-refractivity contribution < 1.29 is 4.39 Å². The van der Waals surface area contributed by atoms with E-state index >= 15 is 0 Å². The number of halogens is 2. The third-order valence-corrected chi connectivity index (χ3v) is 3.36. The van der Waals surface area contributed by atoms with E-state index in [0.29, 0.717) is 11.5 Å². The maximum absolute atomic E-state index is 13.8. The van der Waals surface area contributed by atoms with Crippen LogP contribution in [0.3, 0.4) is 0 Å². The molecule has 0 amide bonds. The van der Waals surface area contributed by atoms with Crippen LogP contribution >= 0.6 is 15.9 Å². The van der Waals surface area contributed by atoms with Gasteiger partial charge < -0.3 is 5.32 Å². The van der Waals surface area contributed by atoms with Crippen molar-refractivity contribution in [1.29, 1.82) is 0 Å². The van der Waals surface area contributed by atoms with Gasteiger partial charge in [-0.25, -0.2) is 4.39 Å². The van der Waals surface area contributed by atoms with E-state index in [4.69, 9.17) is 0 Å². The van der Waals surface area contributed by atoms with Gasteiger partial charge in [0.25, 0.3) is 0 Å². The molecule has 0 atom stereocenters. The van der Waals surface area contributed by atoms with Crippen LogP contribution in [0, 0.1) is 11.7 Å². The summed E-state index contributed by atoms with van der Waals surface area (Å²) < 4.78 is 14.7. The zero-order valence-electron chi connectivity index (χ0n) is 12.3. The second-order valence-corrected chi connectivity index (χ2v) is 7.06. The van der Waals surface area contributed by atoms with Crippen LogP contribution in [0.2, 0.25) is 0 Å². The first-order valence-corrected chi connectivity index (χ1v) is 7.39. The van der Waals surface area contributed by atoms with Crippen LogP contribution in [-0.4, -0.2) is 12.1 Å². The van der Waals surface area contributed by atoms with Gasteiger partial charge in [-0.1, -0.05) is 41.4 Å². The standard InChI is InChI=1S/C16H23BrFN/c1-11(2)13(10-19-16(3,4)5)8-12-9-14(17)6-7-15(12)18/h6-9,11,19H,10H2,1-5H3. The van der Waals surface area contributed by atoms with Gasteiger partial charge in [0, 0.05) is 22.1 Å². The molecule has 0 radical (unpaired) electrons. The first-order chi connectivity index (χ1) is 8.69. The second kappa shape index (κ2) is 6.67. The fraction of sp³-hybridized carbons (Fsp3) is 0.500. The van der Waals surface area contributed by atoms with Crippen molar-refractivity contribution in [1.82, 2.24) is 5.32 Å². The zero-order chi connectivity index (χ0) is 14.6. The Labute approximate surface area is 124 Å². The summed E-state index contributed by atoms with van der Waals surface area (Å²) in [6.45, 7) is 11.4. The minimum absolute atomic E-state index is 0.0593. The Morgan fingerprint density at radius 2 is 2.00 bits per heavy atom. The average molecular weight is 328 g/mol. The first kappa shape index (κ1) is 16.4. The van der Waals surface area contributed by atoms with Crippen molar-refractivity contribution in [2.45, 2.75) is 40.2 Å². The van der Waals surface area contributed by atoms with Gasteiger partial charge in [-0.05, 0) is 44.9 Å². The minimum atomic E-state index is -0.183. The largest absolute Gasteiger partial charge is 0.308 e. The van der Waals surface area contributed by atoms with Gasteiger partial charge in [0.05, 0.1) is 0 Å². The first-order valence-electron chi connectivity index (χ1n) is 6.59. The maximum Gasteiger partial charge on any atom is 0.130 e. The number of nitrogens with one attached hydrogen (secondary N) is 1. The molecule has 3 heteroatoms. The van der Waals surface area contributed by atoms with Gasteiger partial charge in [0.1, 0.15) is 5.82 Å². The third kappa shape index (κ3) is 5.87. The highest BCUT2D eigenvalue weighted by Gasteiger charge is 2.12. The van der Waals surface area contributed by atoms with Crippen LogP contribution in [0.4, 0.5) is 4.39 Å². The van der Waals surface area contributed by atoms with Crippen molar-refractivity contribution in [3.05, 3.63) is 39.6 Å². The predicted molar refractivity (Wildman–Crippen MR) is 84.7 cm³/mol. The van der Waals surface area contributed by atoms with Crippen molar-refractivity contribution in [2.75, 3.05) is 6.54 Å². The molecular formula is C16H23BrFN. The number of benzene rings is 1. The molecule has 0 saturated carbocycles. The highest BCUT2D eigenvalue weighted by Crippen LogP contribution is 2.21. The lowest BCUT2D eigenvalue weighted by Crippen LogP contribution is -2.37. The monoisotopic (exact) mass is 327 g/mol. The summed E-state index contributed by atoms with van der Waals surface area (Å²) in [5, 5.41) is 3.46. The Balaban J connectivity index is 2.98. The van der Waals surface area contributed by atoms with E-state index in [1.807, 2.05) is 12.1 Å². The second-order valence-electron chi connectivity index (χ2n) is 6.14. The highest BCUT2D eigenvalue weighted by molar-refractivity contribution is 9.10.